The summed E-state index contributed by atoms with van der Waals surface area (Å²) in [5.41, 5.74) is 3.26. The van der Waals surface area contributed by atoms with Gasteiger partial charge in [-0.15, -0.1) is 0 Å². The molecule has 290 valence electrons. The zero-order chi connectivity index (χ0) is 38.7. The summed E-state index contributed by atoms with van der Waals surface area (Å²) in [6.07, 6.45) is 2.70. The van der Waals surface area contributed by atoms with Crippen molar-refractivity contribution < 1.29 is 31.1 Å². The molecule has 0 bridgehead atoms. The van der Waals surface area contributed by atoms with E-state index >= 15 is 0 Å². The lowest BCUT2D eigenvalue weighted by molar-refractivity contribution is 0.0950. The van der Waals surface area contributed by atoms with Gasteiger partial charge in [-0.25, -0.2) is 21.1 Å². The second-order valence-electron chi connectivity index (χ2n) is 13.3. The Balaban J connectivity index is 1.20. The fraction of sp³-hybridized carbons (Fsp3) is 0.375. The molecule has 0 aromatic heterocycles. The van der Waals surface area contributed by atoms with E-state index in [9.17, 15) is 21.6 Å². The SMILES string of the molecule is COc1ccc(S(=O)(=O)N2CCCCC(CN(C)S(=O)(=O)c3cccc(CSCCOc4cccc(Cl)c4)c3)C2)cc1C(=O)NCCc1ccccc1C. The number of carbonyl (C=O) groups excluding carboxylic acids is 1. The molecule has 1 atom stereocenters. The number of hydrogen-bond donors (Lipinski definition) is 1. The first kappa shape index (κ1) is 41.6. The van der Waals surface area contributed by atoms with Crippen molar-refractivity contribution in [3.63, 3.8) is 0 Å². The average Bonchev–Trinajstić information content (AvgIpc) is 3.41. The van der Waals surface area contributed by atoms with E-state index in [1.54, 1.807) is 49.1 Å². The van der Waals surface area contributed by atoms with E-state index in [1.807, 2.05) is 49.4 Å². The van der Waals surface area contributed by atoms with Gasteiger partial charge >= 0.3 is 0 Å². The number of aryl methyl sites for hydroxylation is 1. The summed E-state index contributed by atoms with van der Waals surface area (Å²) in [7, 11) is -4.88. The second kappa shape index (κ2) is 19.3. The molecule has 1 saturated heterocycles. The van der Waals surface area contributed by atoms with Gasteiger partial charge in [0.2, 0.25) is 20.0 Å². The highest BCUT2D eigenvalue weighted by Gasteiger charge is 2.32. The molecule has 1 heterocycles. The first-order chi connectivity index (χ1) is 25.9. The first-order valence-corrected chi connectivity index (χ1v) is 22.3. The highest BCUT2D eigenvalue weighted by Crippen LogP contribution is 2.29. The third-order valence-corrected chi connectivity index (χ3v) is 14.3. The molecule has 10 nitrogen and oxygen atoms in total. The Kier molecular flexibility index (Phi) is 14.9. The summed E-state index contributed by atoms with van der Waals surface area (Å²) in [5, 5.41) is 3.51. The third-order valence-electron chi connectivity index (χ3n) is 9.41. The van der Waals surface area contributed by atoms with E-state index in [1.165, 1.54) is 33.9 Å². The Hall–Kier alpha value is -3.59. The number of carbonyl (C=O) groups is 1. The normalized spacial score (nSPS) is 15.5. The number of benzene rings is 4. The summed E-state index contributed by atoms with van der Waals surface area (Å²) >= 11 is 7.66. The Morgan fingerprint density at radius 1 is 0.963 bits per heavy atom. The number of ether oxygens (including phenoxy) is 2. The molecule has 1 aliphatic rings. The van der Waals surface area contributed by atoms with Gasteiger partial charge in [-0.1, -0.05) is 60.5 Å². The molecule has 1 fully saturated rings. The Bertz CT molecular complexity index is 2120. The number of methoxy groups -OCH3 is 1. The minimum Gasteiger partial charge on any atom is -0.496 e. The lowest BCUT2D eigenvalue weighted by Gasteiger charge is -2.27. The molecule has 5 rings (SSSR count). The van der Waals surface area contributed by atoms with Gasteiger partial charge in [0.05, 0.1) is 29.1 Å². The summed E-state index contributed by atoms with van der Waals surface area (Å²) in [5.74, 6) is 1.64. The van der Waals surface area contributed by atoms with Crippen molar-refractivity contribution >= 4 is 49.3 Å². The van der Waals surface area contributed by atoms with Crippen LogP contribution in [0.2, 0.25) is 5.02 Å². The van der Waals surface area contributed by atoms with E-state index in [4.69, 9.17) is 21.1 Å². The molecule has 54 heavy (non-hydrogen) atoms. The number of nitrogens with zero attached hydrogens (tertiary/aromatic N) is 2. The van der Waals surface area contributed by atoms with E-state index in [0.717, 1.165) is 23.1 Å². The molecule has 4 aromatic rings. The van der Waals surface area contributed by atoms with Crippen molar-refractivity contribution in [3.05, 3.63) is 118 Å². The molecule has 0 aliphatic carbocycles. The van der Waals surface area contributed by atoms with Crippen LogP contribution in [-0.4, -0.2) is 84.0 Å². The molecule has 0 spiro atoms. The minimum atomic E-state index is -4.02. The van der Waals surface area contributed by atoms with Gasteiger partial charge in [-0.05, 0) is 97.3 Å². The Morgan fingerprint density at radius 3 is 2.54 bits per heavy atom. The maximum Gasteiger partial charge on any atom is 0.255 e. The van der Waals surface area contributed by atoms with Crippen LogP contribution in [0.3, 0.4) is 0 Å². The van der Waals surface area contributed by atoms with Gasteiger partial charge < -0.3 is 14.8 Å². The fourth-order valence-corrected chi connectivity index (χ4v) is 10.3. The lowest BCUT2D eigenvalue weighted by Crippen LogP contribution is -2.39. The smallest absolute Gasteiger partial charge is 0.255 e. The minimum absolute atomic E-state index is 0.0142. The van der Waals surface area contributed by atoms with E-state index in [0.29, 0.717) is 61.2 Å². The van der Waals surface area contributed by atoms with E-state index in [2.05, 4.69) is 5.32 Å². The zero-order valence-electron chi connectivity index (χ0n) is 30.9. The Morgan fingerprint density at radius 2 is 1.76 bits per heavy atom. The highest BCUT2D eigenvalue weighted by atomic mass is 35.5. The number of amides is 1. The van der Waals surface area contributed by atoms with Gasteiger partial charge in [-0.3, -0.25) is 4.79 Å². The van der Waals surface area contributed by atoms with Crippen LogP contribution in [-0.2, 0) is 32.2 Å². The number of thioether (sulfide) groups is 1. The summed E-state index contributed by atoms with van der Waals surface area (Å²) in [6, 6.07) is 26.4. The van der Waals surface area contributed by atoms with Crippen LogP contribution < -0.4 is 14.8 Å². The second-order valence-corrected chi connectivity index (χ2v) is 18.8. The molecule has 1 unspecified atom stereocenters. The van der Waals surface area contributed by atoms with Gasteiger partial charge in [-0.2, -0.15) is 16.1 Å². The van der Waals surface area contributed by atoms with Crippen LogP contribution in [0.5, 0.6) is 11.5 Å². The van der Waals surface area contributed by atoms with Crippen molar-refractivity contribution in [3.8, 4) is 11.5 Å². The monoisotopic (exact) mass is 813 g/mol. The van der Waals surface area contributed by atoms with Crippen LogP contribution in [0, 0.1) is 12.8 Å². The maximum atomic E-state index is 14.1. The maximum absolute atomic E-state index is 14.1. The Labute approximate surface area is 329 Å². The summed E-state index contributed by atoms with van der Waals surface area (Å²) in [6.45, 7) is 3.49. The summed E-state index contributed by atoms with van der Waals surface area (Å²) in [4.78, 5) is 13.5. The molecule has 1 amide bonds. The van der Waals surface area contributed by atoms with Crippen molar-refractivity contribution in [1.82, 2.24) is 13.9 Å². The molecule has 14 heteroatoms. The predicted octanol–water partition coefficient (Wildman–Crippen LogP) is 7.05. The number of rotatable bonds is 17. The van der Waals surface area contributed by atoms with E-state index < -0.39 is 26.0 Å². The number of hydrogen-bond acceptors (Lipinski definition) is 8. The van der Waals surface area contributed by atoms with Crippen LogP contribution in [0.4, 0.5) is 0 Å². The van der Waals surface area contributed by atoms with Crippen molar-refractivity contribution in [1.29, 1.82) is 0 Å². The lowest BCUT2D eigenvalue weighted by atomic mass is 10.0. The quantitative estimate of drug-likeness (QED) is 0.113. The van der Waals surface area contributed by atoms with Crippen LogP contribution in [0.25, 0.3) is 0 Å². The largest absolute Gasteiger partial charge is 0.496 e. The third kappa shape index (κ3) is 11.0. The molecule has 4 aromatic carbocycles. The zero-order valence-corrected chi connectivity index (χ0v) is 34.1. The highest BCUT2D eigenvalue weighted by molar-refractivity contribution is 7.98. The van der Waals surface area contributed by atoms with Crippen LogP contribution >= 0.6 is 23.4 Å². The molecule has 1 N–H and O–H groups in total. The fourth-order valence-electron chi connectivity index (χ4n) is 6.43. The molecular formula is C40H48ClN3O7S3. The van der Waals surface area contributed by atoms with Gasteiger partial charge in [0.1, 0.15) is 11.5 Å². The molecule has 1 aliphatic heterocycles. The van der Waals surface area contributed by atoms with Crippen molar-refractivity contribution in [2.45, 2.75) is 48.2 Å². The predicted molar refractivity (Wildman–Crippen MR) is 216 cm³/mol. The number of nitrogens with one attached hydrogen (secondary N) is 1. The van der Waals surface area contributed by atoms with Gasteiger partial charge in [0.15, 0.2) is 0 Å². The standard InChI is InChI=1S/C40H48ClN3O7S3/c1-30-10-4-5-13-33(30)19-20-42-40(45)38-26-37(17-18-39(38)50-3)54(48,49)44-21-7-6-11-32(28-44)27-43(2)53(46,47)36-16-8-12-31(24-36)29-52-23-22-51-35-15-9-14-34(41)25-35/h4-5,8-10,12-18,24-26,32H,6-7,11,19-23,27-29H2,1-3H3,(H,42,45). The van der Waals surface area contributed by atoms with Crippen LogP contribution in [0.1, 0.15) is 46.3 Å². The molecule has 0 radical (unpaired) electrons. The van der Waals surface area contributed by atoms with E-state index in [-0.39, 0.29) is 40.1 Å². The number of sulfonamides is 2. The van der Waals surface area contributed by atoms with Crippen molar-refractivity contribution in [2.24, 2.45) is 5.92 Å². The summed E-state index contributed by atoms with van der Waals surface area (Å²) < 4.78 is 69.5. The first-order valence-electron chi connectivity index (χ1n) is 17.9. The van der Waals surface area contributed by atoms with Crippen LogP contribution in [0.15, 0.2) is 101 Å². The van der Waals surface area contributed by atoms with Crippen molar-refractivity contribution in [2.75, 3.05) is 52.7 Å². The topological polar surface area (TPSA) is 122 Å². The average molecular weight is 814 g/mol. The number of halogens is 1. The van der Waals surface area contributed by atoms with Gasteiger partial charge in [0, 0.05) is 49.8 Å². The van der Waals surface area contributed by atoms with Gasteiger partial charge in [0.25, 0.3) is 5.91 Å². The molecule has 0 saturated carbocycles. The molecular weight excluding hydrogens is 766 g/mol.